The summed E-state index contributed by atoms with van der Waals surface area (Å²) in [7, 11) is -3.65. The molecular formula is C21H26N2O6S. The van der Waals surface area contributed by atoms with Gasteiger partial charge in [0.1, 0.15) is 12.3 Å². The summed E-state index contributed by atoms with van der Waals surface area (Å²) >= 11 is 0. The number of aryl methyl sites for hydroxylation is 1. The Bertz CT molecular complexity index is 975. The Morgan fingerprint density at radius 2 is 1.87 bits per heavy atom. The Balaban J connectivity index is 1.51. The van der Waals surface area contributed by atoms with Crippen LogP contribution >= 0.6 is 0 Å². The van der Waals surface area contributed by atoms with E-state index in [1.165, 1.54) is 0 Å². The number of rotatable bonds is 10. The molecule has 0 spiro atoms. The molecule has 0 saturated carbocycles. The van der Waals surface area contributed by atoms with Gasteiger partial charge in [-0.15, -0.1) is 0 Å². The number of nitrogens with one attached hydrogen (secondary N) is 1. The summed E-state index contributed by atoms with van der Waals surface area (Å²) in [4.78, 5) is 12.3. The van der Waals surface area contributed by atoms with E-state index >= 15 is 0 Å². The van der Waals surface area contributed by atoms with Crippen LogP contribution in [0.1, 0.15) is 18.9 Å². The van der Waals surface area contributed by atoms with Gasteiger partial charge >= 0.3 is 0 Å². The Kier molecular flexibility index (Phi) is 7.04. The molecule has 1 aliphatic heterocycles. The molecule has 1 aliphatic rings. The summed E-state index contributed by atoms with van der Waals surface area (Å²) in [6.07, 6.45) is 2.60. The zero-order chi connectivity index (χ0) is 21.6. The van der Waals surface area contributed by atoms with Crippen LogP contribution in [0.4, 0.5) is 5.69 Å². The predicted molar refractivity (Wildman–Crippen MR) is 114 cm³/mol. The monoisotopic (exact) mass is 434 g/mol. The average molecular weight is 435 g/mol. The van der Waals surface area contributed by atoms with E-state index in [2.05, 4.69) is 5.32 Å². The molecule has 0 aromatic heterocycles. The molecule has 8 nitrogen and oxygen atoms in total. The molecule has 0 unspecified atom stereocenters. The standard InChI is InChI=1S/C21H26N2O6S/c1-3-27-18-9-6-16(7-10-18)5-4-12-22-21(24)14-23(30(2,25)26)17-8-11-19-20(13-17)29-15-28-19/h6-11,13H,3-5,12,14-15H2,1-2H3,(H,22,24). The lowest BCUT2D eigenvalue weighted by Gasteiger charge is -2.22. The highest BCUT2D eigenvalue weighted by atomic mass is 32.2. The van der Waals surface area contributed by atoms with Crippen molar-refractivity contribution >= 4 is 21.6 Å². The highest BCUT2D eigenvalue weighted by molar-refractivity contribution is 7.92. The van der Waals surface area contributed by atoms with Gasteiger partial charge in [-0.05, 0) is 49.6 Å². The van der Waals surface area contributed by atoms with E-state index in [0.717, 1.165) is 34.7 Å². The number of anilines is 1. The van der Waals surface area contributed by atoms with Crippen molar-refractivity contribution in [3.8, 4) is 17.2 Å². The predicted octanol–water partition coefficient (Wildman–Crippen LogP) is 2.33. The first-order valence-corrected chi connectivity index (χ1v) is 11.6. The number of carbonyl (C=O) groups excluding carboxylic acids is 1. The molecule has 0 bridgehead atoms. The van der Waals surface area contributed by atoms with Gasteiger partial charge in [-0.1, -0.05) is 12.1 Å². The van der Waals surface area contributed by atoms with Gasteiger partial charge in [0.05, 0.1) is 18.6 Å². The summed E-state index contributed by atoms with van der Waals surface area (Å²) in [5, 5.41) is 2.78. The first-order chi connectivity index (χ1) is 14.4. The van der Waals surface area contributed by atoms with E-state index in [0.29, 0.717) is 30.3 Å². The van der Waals surface area contributed by atoms with Crippen molar-refractivity contribution < 1.29 is 27.4 Å². The van der Waals surface area contributed by atoms with E-state index < -0.39 is 10.0 Å². The van der Waals surface area contributed by atoms with Gasteiger partial charge in [-0.3, -0.25) is 9.10 Å². The van der Waals surface area contributed by atoms with Crippen molar-refractivity contribution in [3.63, 3.8) is 0 Å². The Hall–Kier alpha value is -2.94. The molecule has 0 saturated heterocycles. The topological polar surface area (TPSA) is 94.2 Å². The van der Waals surface area contributed by atoms with Crippen LogP contribution in [0.25, 0.3) is 0 Å². The van der Waals surface area contributed by atoms with Gasteiger partial charge in [-0.2, -0.15) is 0 Å². The van der Waals surface area contributed by atoms with E-state index in [1.807, 2.05) is 31.2 Å². The van der Waals surface area contributed by atoms with Crippen LogP contribution in [-0.2, 0) is 21.2 Å². The first kappa shape index (κ1) is 21.8. The van der Waals surface area contributed by atoms with Crippen molar-refractivity contribution in [1.29, 1.82) is 0 Å². The molecule has 0 aliphatic carbocycles. The lowest BCUT2D eigenvalue weighted by Crippen LogP contribution is -2.40. The van der Waals surface area contributed by atoms with Crippen molar-refractivity contribution in [2.24, 2.45) is 0 Å². The molecule has 9 heteroatoms. The third-order valence-corrected chi connectivity index (χ3v) is 5.67. The molecule has 1 N–H and O–H groups in total. The third kappa shape index (κ3) is 5.79. The zero-order valence-corrected chi connectivity index (χ0v) is 17.9. The Morgan fingerprint density at radius 3 is 2.57 bits per heavy atom. The number of fused-ring (bicyclic) bond motifs is 1. The summed E-state index contributed by atoms with van der Waals surface area (Å²) in [5.41, 5.74) is 1.50. The molecule has 0 atom stereocenters. The van der Waals surface area contributed by atoms with Gasteiger partial charge in [0, 0.05) is 12.6 Å². The van der Waals surface area contributed by atoms with Crippen molar-refractivity contribution in [1.82, 2.24) is 5.32 Å². The third-order valence-electron chi connectivity index (χ3n) is 4.53. The fraction of sp³-hybridized carbons (Fsp3) is 0.381. The number of nitrogens with zero attached hydrogens (tertiary/aromatic N) is 1. The van der Waals surface area contributed by atoms with E-state index in [4.69, 9.17) is 14.2 Å². The van der Waals surface area contributed by atoms with Crippen LogP contribution in [0.5, 0.6) is 17.2 Å². The van der Waals surface area contributed by atoms with E-state index in [-0.39, 0.29) is 19.2 Å². The first-order valence-electron chi connectivity index (χ1n) is 9.72. The lowest BCUT2D eigenvalue weighted by atomic mass is 10.1. The lowest BCUT2D eigenvalue weighted by molar-refractivity contribution is -0.119. The second kappa shape index (κ2) is 9.71. The SMILES string of the molecule is CCOc1ccc(CCCNC(=O)CN(c2ccc3c(c2)OCO3)S(C)(=O)=O)cc1. The maximum Gasteiger partial charge on any atom is 0.240 e. The van der Waals surface area contributed by atoms with Crippen LogP contribution in [-0.4, -0.2) is 47.1 Å². The van der Waals surface area contributed by atoms with E-state index in [9.17, 15) is 13.2 Å². The maximum atomic E-state index is 12.3. The summed E-state index contributed by atoms with van der Waals surface area (Å²) in [6, 6.07) is 12.6. The highest BCUT2D eigenvalue weighted by Crippen LogP contribution is 2.36. The molecule has 0 fully saturated rings. The molecule has 0 radical (unpaired) electrons. The molecule has 2 aromatic carbocycles. The Labute approximate surface area is 176 Å². The minimum Gasteiger partial charge on any atom is -0.494 e. The van der Waals surface area contributed by atoms with Gasteiger partial charge in [0.15, 0.2) is 11.5 Å². The van der Waals surface area contributed by atoms with Gasteiger partial charge < -0.3 is 19.5 Å². The van der Waals surface area contributed by atoms with Crippen molar-refractivity contribution in [2.75, 3.05) is 37.1 Å². The minimum atomic E-state index is -3.65. The van der Waals surface area contributed by atoms with Crippen LogP contribution in [0, 0.1) is 0 Å². The fourth-order valence-electron chi connectivity index (χ4n) is 3.07. The molecular weight excluding hydrogens is 408 g/mol. The second-order valence-electron chi connectivity index (χ2n) is 6.84. The van der Waals surface area contributed by atoms with Crippen LogP contribution in [0.3, 0.4) is 0 Å². The smallest absolute Gasteiger partial charge is 0.240 e. The van der Waals surface area contributed by atoms with Crippen LogP contribution < -0.4 is 23.8 Å². The summed E-state index contributed by atoms with van der Waals surface area (Å²) in [5.74, 6) is 1.46. The minimum absolute atomic E-state index is 0.0898. The van der Waals surface area contributed by atoms with Crippen molar-refractivity contribution in [2.45, 2.75) is 19.8 Å². The molecule has 2 aromatic rings. The molecule has 1 amide bonds. The fourth-order valence-corrected chi connectivity index (χ4v) is 3.91. The molecule has 162 valence electrons. The highest BCUT2D eigenvalue weighted by Gasteiger charge is 2.23. The number of hydrogen-bond acceptors (Lipinski definition) is 6. The number of amides is 1. The molecule has 1 heterocycles. The maximum absolute atomic E-state index is 12.3. The number of benzene rings is 2. The number of carbonyl (C=O) groups is 1. The normalized spacial score (nSPS) is 12.5. The van der Waals surface area contributed by atoms with Gasteiger partial charge in [-0.25, -0.2) is 8.42 Å². The zero-order valence-electron chi connectivity index (χ0n) is 17.1. The quantitative estimate of drug-likeness (QED) is 0.577. The molecule has 30 heavy (non-hydrogen) atoms. The van der Waals surface area contributed by atoms with Gasteiger partial charge in [0.25, 0.3) is 0 Å². The summed E-state index contributed by atoms with van der Waals surface area (Å²) in [6.45, 7) is 2.80. The average Bonchev–Trinajstić information content (AvgIpc) is 3.18. The summed E-state index contributed by atoms with van der Waals surface area (Å²) < 4.78 is 41.5. The number of sulfonamides is 1. The second-order valence-corrected chi connectivity index (χ2v) is 8.74. The Morgan fingerprint density at radius 1 is 1.13 bits per heavy atom. The van der Waals surface area contributed by atoms with Crippen molar-refractivity contribution in [3.05, 3.63) is 48.0 Å². The van der Waals surface area contributed by atoms with Crippen LogP contribution in [0.2, 0.25) is 0 Å². The molecule has 3 rings (SSSR count). The van der Waals surface area contributed by atoms with E-state index in [1.54, 1.807) is 18.2 Å². The van der Waals surface area contributed by atoms with Crippen LogP contribution in [0.15, 0.2) is 42.5 Å². The number of hydrogen-bond donors (Lipinski definition) is 1. The van der Waals surface area contributed by atoms with Gasteiger partial charge in [0.2, 0.25) is 22.7 Å². The number of ether oxygens (including phenoxy) is 3. The largest absolute Gasteiger partial charge is 0.494 e.